The van der Waals surface area contributed by atoms with Crippen LogP contribution in [0.4, 0.5) is 0 Å². The third kappa shape index (κ3) is 4.18. The van der Waals surface area contributed by atoms with Crippen molar-refractivity contribution in [1.82, 2.24) is 19.9 Å². The molecule has 3 aromatic rings. The molecule has 0 radical (unpaired) electrons. The summed E-state index contributed by atoms with van der Waals surface area (Å²) in [7, 11) is 1.53. The second-order valence-corrected chi connectivity index (χ2v) is 7.06. The van der Waals surface area contributed by atoms with Crippen molar-refractivity contribution < 1.29 is 9.53 Å². The van der Waals surface area contributed by atoms with Gasteiger partial charge in [0, 0.05) is 31.3 Å². The minimum absolute atomic E-state index is 0.00922. The Bertz CT molecular complexity index is 1060. The van der Waals surface area contributed by atoms with Crippen molar-refractivity contribution in [3.05, 3.63) is 76.5 Å². The zero-order chi connectivity index (χ0) is 20.2. The maximum atomic E-state index is 12.6. The Morgan fingerprint density at radius 2 is 2.07 bits per heavy atom. The number of pyridine rings is 1. The van der Waals surface area contributed by atoms with Crippen molar-refractivity contribution in [3.8, 4) is 17.1 Å². The SMILES string of the molecule is COc1ncccc1-c1cc(=O)[nH]c([C@@H]2CCN(C(=O)Cc3ccccc3)C2)n1. The molecule has 4 rings (SSSR count). The number of aromatic amines is 1. The quantitative estimate of drug-likeness (QED) is 0.723. The fraction of sp³-hybridized carbons (Fsp3) is 0.273. The number of nitrogens with one attached hydrogen (secondary N) is 1. The summed E-state index contributed by atoms with van der Waals surface area (Å²) < 4.78 is 5.29. The van der Waals surface area contributed by atoms with Gasteiger partial charge in [0.2, 0.25) is 11.8 Å². The highest BCUT2D eigenvalue weighted by atomic mass is 16.5. The summed E-state index contributed by atoms with van der Waals surface area (Å²) in [6.07, 6.45) is 2.77. The fourth-order valence-electron chi connectivity index (χ4n) is 3.65. The minimum Gasteiger partial charge on any atom is -0.481 e. The maximum absolute atomic E-state index is 12.6. The van der Waals surface area contributed by atoms with E-state index in [9.17, 15) is 9.59 Å². The second-order valence-electron chi connectivity index (χ2n) is 7.06. The molecule has 0 spiro atoms. The van der Waals surface area contributed by atoms with Gasteiger partial charge in [0.25, 0.3) is 5.56 Å². The van der Waals surface area contributed by atoms with E-state index in [0.29, 0.717) is 42.5 Å². The van der Waals surface area contributed by atoms with Crippen molar-refractivity contribution in [1.29, 1.82) is 0 Å². The molecule has 0 saturated carbocycles. The van der Waals surface area contributed by atoms with E-state index in [2.05, 4.69) is 15.0 Å². The summed E-state index contributed by atoms with van der Waals surface area (Å²) in [6, 6.07) is 14.7. The third-order valence-corrected chi connectivity index (χ3v) is 5.13. The highest BCUT2D eigenvalue weighted by Crippen LogP contribution is 2.28. The molecule has 0 bridgehead atoms. The maximum Gasteiger partial charge on any atom is 0.251 e. The standard InChI is InChI=1S/C22H22N4O3/c1-29-22-17(8-5-10-23-22)18-13-19(27)25-21(24-18)16-9-11-26(14-16)20(28)12-15-6-3-2-4-7-15/h2-8,10,13,16H,9,11-12,14H2,1H3,(H,24,25,27)/t16-/m1/s1. The summed E-state index contributed by atoms with van der Waals surface area (Å²) in [4.78, 5) is 38.4. The van der Waals surface area contributed by atoms with Crippen LogP contribution in [0.5, 0.6) is 5.88 Å². The molecule has 148 valence electrons. The minimum atomic E-state index is -0.232. The molecule has 0 unspecified atom stereocenters. The number of benzene rings is 1. The number of carbonyl (C=O) groups is 1. The van der Waals surface area contributed by atoms with E-state index >= 15 is 0 Å². The largest absolute Gasteiger partial charge is 0.481 e. The number of likely N-dealkylation sites (tertiary alicyclic amines) is 1. The molecule has 1 saturated heterocycles. The molecule has 0 aliphatic carbocycles. The van der Waals surface area contributed by atoms with E-state index in [1.807, 2.05) is 41.3 Å². The number of methoxy groups -OCH3 is 1. The molecule has 7 nitrogen and oxygen atoms in total. The van der Waals surface area contributed by atoms with Crippen LogP contribution >= 0.6 is 0 Å². The van der Waals surface area contributed by atoms with Crippen LogP contribution < -0.4 is 10.3 Å². The lowest BCUT2D eigenvalue weighted by atomic mass is 10.1. The summed E-state index contributed by atoms with van der Waals surface area (Å²) in [5.41, 5.74) is 1.95. The van der Waals surface area contributed by atoms with Crippen molar-refractivity contribution in [2.45, 2.75) is 18.8 Å². The average Bonchev–Trinajstić information content (AvgIpc) is 3.24. The van der Waals surface area contributed by atoms with Crippen molar-refractivity contribution >= 4 is 5.91 Å². The van der Waals surface area contributed by atoms with Gasteiger partial charge in [-0.05, 0) is 24.1 Å². The molecule has 1 fully saturated rings. The first-order valence-corrected chi connectivity index (χ1v) is 9.56. The number of rotatable bonds is 5. The predicted molar refractivity (Wildman–Crippen MR) is 109 cm³/mol. The average molecular weight is 390 g/mol. The number of amides is 1. The normalized spacial score (nSPS) is 16.0. The molecule has 1 N–H and O–H groups in total. The van der Waals surface area contributed by atoms with Crippen LogP contribution in [-0.2, 0) is 11.2 Å². The van der Waals surface area contributed by atoms with Gasteiger partial charge in [-0.2, -0.15) is 0 Å². The van der Waals surface area contributed by atoms with E-state index in [4.69, 9.17) is 4.74 Å². The molecule has 1 amide bonds. The molecule has 1 aliphatic heterocycles. The lowest BCUT2D eigenvalue weighted by Crippen LogP contribution is -2.30. The number of nitrogens with zero attached hydrogens (tertiary/aromatic N) is 3. The zero-order valence-corrected chi connectivity index (χ0v) is 16.2. The third-order valence-electron chi connectivity index (χ3n) is 5.13. The van der Waals surface area contributed by atoms with Crippen molar-refractivity contribution in [2.75, 3.05) is 20.2 Å². The van der Waals surface area contributed by atoms with Gasteiger partial charge < -0.3 is 14.6 Å². The van der Waals surface area contributed by atoms with E-state index in [1.165, 1.54) is 13.2 Å². The van der Waals surface area contributed by atoms with Crippen molar-refractivity contribution in [3.63, 3.8) is 0 Å². The van der Waals surface area contributed by atoms with Gasteiger partial charge in [-0.3, -0.25) is 9.59 Å². The summed E-state index contributed by atoms with van der Waals surface area (Å²) >= 11 is 0. The summed E-state index contributed by atoms with van der Waals surface area (Å²) in [5.74, 6) is 1.09. The Hall–Kier alpha value is -3.48. The van der Waals surface area contributed by atoms with E-state index in [1.54, 1.807) is 12.3 Å². The molecule has 1 aromatic carbocycles. The molecule has 29 heavy (non-hydrogen) atoms. The molecule has 1 atom stereocenters. The zero-order valence-electron chi connectivity index (χ0n) is 16.2. The lowest BCUT2D eigenvalue weighted by Gasteiger charge is -2.17. The monoisotopic (exact) mass is 390 g/mol. The van der Waals surface area contributed by atoms with E-state index in [-0.39, 0.29) is 17.4 Å². The molecular formula is C22H22N4O3. The number of aromatic nitrogens is 3. The van der Waals surface area contributed by atoms with Crippen LogP contribution in [0.3, 0.4) is 0 Å². The van der Waals surface area contributed by atoms with Crippen LogP contribution in [0, 0.1) is 0 Å². The van der Waals surface area contributed by atoms with Crippen LogP contribution in [0.25, 0.3) is 11.3 Å². The number of hydrogen-bond acceptors (Lipinski definition) is 5. The number of H-pyrrole nitrogens is 1. The second kappa shape index (κ2) is 8.26. The van der Waals surface area contributed by atoms with Gasteiger partial charge in [-0.1, -0.05) is 30.3 Å². The van der Waals surface area contributed by atoms with Crippen LogP contribution in [0.15, 0.2) is 59.5 Å². The Morgan fingerprint density at radius 1 is 1.24 bits per heavy atom. The first-order chi connectivity index (χ1) is 14.1. The fourth-order valence-corrected chi connectivity index (χ4v) is 3.65. The molecule has 2 aromatic heterocycles. The summed E-state index contributed by atoms with van der Waals surface area (Å²) in [6.45, 7) is 1.20. The molecule has 3 heterocycles. The van der Waals surface area contributed by atoms with Gasteiger partial charge in [-0.15, -0.1) is 0 Å². The van der Waals surface area contributed by atoms with Crippen LogP contribution in [0.2, 0.25) is 0 Å². The van der Waals surface area contributed by atoms with Crippen LogP contribution in [-0.4, -0.2) is 46.0 Å². The van der Waals surface area contributed by atoms with Gasteiger partial charge in [0.15, 0.2) is 0 Å². The van der Waals surface area contributed by atoms with Gasteiger partial charge in [0.1, 0.15) is 5.82 Å². The number of carbonyl (C=O) groups excluding carboxylic acids is 1. The van der Waals surface area contributed by atoms with Gasteiger partial charge in [-0.25, -0.2) is 9.97 Å². The topological polar surface area (TPSA) is 88.2 Å². The summed E-state index contributed by atoms with van der Waals surface area (Å²) in [5, 5.41) is 0. The molecule has 1 aliphatic rings. The van der Waals surface area contributed by atoms with Crippen molar-refractivity contribution in [2.24, 2.45) is 0 Å². The Morgan fingerprint density at radius 3 is 2.86 bits per heavy atom. The Labute approximate surface area is 168 Å². The Kier molecular flexibility index (Phi) is 5.37. The molecule has 7 heteroatoms. The lowest BCUT2D eigenvalue weighted by molar-refractivity contribution is -0.129. The van der Waals surface area contributed by atoms with E-state index < -0.39 is 0 Å². The first kappa shape index (κ1) is 18.9. The van der Waals surface area contributed by atoms with Gasteiger partial charge >= 0.3 is 0 Å². The smallest absolute Gasteiger partial charge is 0.251 e. The Balaban J connectivity index is 1.53. The molecular weight excluding hydrogens is 368 g/mol. The highest BCUT2D eigenvalue weighted by Gasteiger charge is 2.29. The number of ether oxygens (including phenoxy) is 1. The first-order valence-electron chi connectivity index (χ1n) is 9.56. The van der Waals surface area contributed by atoms with Crippen LogP contribution in [0.1, 0.15) is 23.7 Å². The van der Waals surface area contributed by atoms with Gasteiger partial charge in [0.05, 0.1) is 24.8 Å². The highest BCUT2D eigenvalue weighted by molar-refractivity contribution is 5.79. The van der Waals surface area contributed by atoms with E-state index in [0.717, 1.165) is 12.0 Å². The number of hydrogen-bond donors (Lipinski definition) is 1. The predicted octanol–water partition coefficient (Wildman–Crippen LogP) is 2.40.